The van der Waals surface area contributed by atoms with Gasteiger partial charge in [-0.15, -0.1) is 10.2 Å². The van der Waals surface area contributed by atoms with Crippen molar-refractivity contribution >= 4 is 22.4 Å². The van der Waals surface area contributed by atoms with Crippen LogP contribution >= 0.6 is 11.3 Å². The van der Waals surface area contributed by atoms with Gasteiger partial charge >= 0.3 is 0 Å². The minimum absolute atomic E-state index is 0.0521. The average molecular weight is 347 g/mol. The standard InChI is InChI=1S/C18H25N3O2S/c1-5-17-20-21-18(24-17)19-16(22)7-6-10-23-14-8-9-15(12(2)3)13(4)11-14/h8-9,11-12H,5-7,10H2,1-4H3,(H,19,21,22). The van der Waals surface area contributed by atoms with Gasteiger partial charge in [0.25, 0.3) is 0 Å². The topological polar surface area (TPSA) is 64.1 Å². The molecule has 1 aromatic heterocycles. The van der Waals surface area contributed by atoms with Crippen molar-refractivity contribution in [1.82, 2.24) is 10.2 Å². The van der Waals surface area contributed by atoms with Crippen LogP contribution in [-0.4, -0.2) is 22.7 Å². The number of carbonyl (C=O) groups is 1. The number of aromatic nitrogens is 2. The third-order valence-corrected chi connectivity index (χ3v) is 4.68. The van der Waals surface area contributed by atoms with E-state index in [9.17, 15) is 4.79 Å². The summed E-state index contributed by atoms with van der Waals surface area (Å²) >= 11 is 1.42. The van der Waals surface area contributed by atoms with Gasteiger partial charge in [0.05, 0.1) is 6.61 Å². The van der Waals surface area contributed by atoms with E-state index in [-0.39, 0.29) is 5.91 Å². The van der Waals surface area contributed by atoms with Crippen molar-refractivity contribution in [2.24, 2.45) is 0 Å². The van der Waals surface area contributed by atoms with Crippen molar-refractivity contribution in [3.8, 4) is 5.75 Å². The molecule has 2 aromatic rings. The van der Waals surface area contributed by atoms with Crippen LogP contribution in [0.1, 0.15) is 55.7 Å². The van der Waals surface area contributed by atoms with Crippen molar-refractivity contribution in [3.63, 3.8) is 0 Å². The van der Waals surface area contributed by atoms with Gasteiger partial charge in [0.1, 0.15) is 10.8 Å². The highest BCUT2D eigenvalue weighted by Gasteiger charge is 2.08. The fourth-order valence-corrected chi connectivity index (χ4v) is 3.13. The van der Waals surface area contributed by atoms with E-state index in [2.05, 4.69) is 48.4 Å². The van der Waals surface area contributed by atoms with Gasteiger partial charge in [-0.1, -0.05) is 38.2 Å². The minimum atomic E-state index is -0.0521. The van der Waals surface area contributed by atoms with E-state index in [1.165, 1.54) is 22.5 Å². The van der Waals surface area contributed by atoms with Crippen LogP contribution < -0.4 is 10.1 Å². The van der Waals surface area contributed by atoms with Crippen molar-refractivity contribution < 1.29 is 9.53 Å². The Morgan fingerprint density at radius 2 is 2.12 bits per heavy atom. The summed E-state index contributed by atoms with van der Waals surface area (Å²) in [6.45, 7) is 9.00. The summed E-state index contributed by atoms with van der Waals surface area (Å²) in [7, 11) is 0. The first-order valence-electron chi connectivity index (χ1n) is 8.35. The maximum atomic E-state index is 11.9. The van der Waals surface area contributed by atoms with Crippen LogP contribution in [0.3, 0.4) is 0 Å². The monoisotopic (exact) mass is 347 g/mol. The summed E-state index contributed by atoms with van der Waals surface area (Å²) in [4.78, 5) is 11.9. The van der Waals surface area contributed by atoms with Crippen molar-refractivity contribution in [1.29, 1.82) is 0 Å². The van der Waals surface area contributed by atoms with Crippen molar-refractivity contribution in [2.75, 3.05) is 11.9 Å². The number of benzene rings is 1. The lowest BCUT2D eigenvalue weighted by Gasteiger charge is -2.12. The molecule has 0 fully saturated rings. The Morgan fingerprint density at radius 1 is 1.33 bits per heavy atom. The molecule has 1 aromatic carbocycles. The maximum absolute atomic E-state index is 11.9. The van der Waals surface area contributed by atoms with Crippen LogP contribution in [0.4, 0.5) is 5.13 Å². The molecular weight excluding hydrogens is 322 g/mol. The highest BCUT2D eigenvalue weighted by atomic mass is 32.1. The fraction of sp³-hybridized carbons (Fsp3) is 0.500. The van der Waals surface area contributed by atoms with Gasteiger partial charge in [-0.3, -0.25) is 4.79 Å². The predicted molar refractivity (Wildman–Crippen MR) is 97.9 cm³/mol. The lowest BCUT2D eigenvalue weighted by molar-refractivity contribution is -0.116. The largest absolute Gasteiger partial charge is 0.494 e. The van der Waals surface area contributed by atoms with E-state index >= 15 is 0 Å². The van der Waals surface area contributed by atoms with E-state index in [0.29, 0.717) is 30.5 Å². The highest BCUT2D eigenvalue weighted by molar-refractivity contribution is 7.15. The molecule has 0 atom stereocenters. The first-order chi connectivity index (χ1) is 11.5. The van der Waals surface area contributed by atoms with E-state index < -0.39 is 0 Å². The molecule has 5 nitrogen and oxygen atoms in total. The Balaban J connectivity index is 1.72. The zero-order valence-corrected chi connectivity index (χ0v) is 15.6. The van der Waals surface area contributed by atoms with Crippen LogP contribution in [0.2, 0.25) is 0 Å². The molecule has 1 N–H and O–H groups in total. The Labute approximate surface area is 147 Å². The van der Waals surface area contributed by atoms with Crippen LogP contribution in [0.5, 0.6) is 5.75 Å². The van der Waals surface area contributed by atoms with Crippen LogP contribution in [0.25, 0.3) is 0 Å². The Morgan fingerprint density at radius 3 is 2.75 bits per heavy atom. The number of hydrogen-bond acceptors (Lipinski definition) is 5. The predicted octanol–water partition coefficient (Wildman–Crippen LogP) is 4.33. The molecule has 0 saturated carbocycles. The Kier molecular flexibility index (Phi) is 6.73. The van der Waals surface area contributed by atoms with Crippen LogP contribution in [-0.2, 0) is 11.2 Å². The number of rotatable bonds is 8. The second-order valence-electron chi connectivity index (χ2n) is 6.03. The second kappa shape index (κ2) is 8.78. The highest BCUT2D eigenvalue weighted by Crippen LogP contribution is 2.23. The quantitative estimate of drug-likeness (QED) is 0.722. The molecule has 130 valence electrons. The minimum Gasteiger partial charge on any atom is -0.494 e. The third-order valence-electron chi connectivity index (χ3n) is 3.70. The maximum Gasteiger partial charge on any atom is 0.226 e. The molecule has 0 unspecified atom stereocenters. The number of ether oxygens (including phenoxy) is 1. The average Bonchev–Trinajstić information content (AvgIpc) is 2.99. The fourth-order valence-electron chi connectivity index (χ4n) is 2.44. The normalized spacial score (nSPS) is 10.9. The molecule has 0 aliphatic carbocycles. The molecule has 0 aliphatic rings. The lowest BCUT2D eigenvalue weighted by atomic mass is 9.98. The SMILES string of the molecule is CCc1nnc(NC(=O)CCCOc2ccc(C(C)C)c(C)c2)s1. The first-order valence-corrected chi connectivity index (χ1v) is 9.16. The number of aryl methyl sites for hydroxylation is 2. The Hall–Kier alpha value is -1.95. The molecule has 0 bridgehead atoms. The van der Waals surface area contributed by atoms with E-state index in [0.717, 1.165) is 17.2 Å². The van der Waals surface area contributed by atoms with Gasteiger partial charge in [0.2, 0.25) is 11.0 Å². The molecule has 1 amide bonds. The number of carbonyl (C=O) groups excluding carboxylic acids is 1. The number of anilines is 1. The lowest BCUT2D eigenvalue weighted by Crippen LogP contribution is -2.12. The first kappa shape index (κ1) is 18.4. The zero-order valence-electron chi connectivity index (χ0n) is 14.8. The van der Waals surface area contributed by atoms with Gasteiger partial charge in [0, 0.05) is 6.42 Å². The van der Waals surface area contributed by atoms with Crippen LogP contribution in [0.15, 0.2) is 18.2 Å². The number of hydrogen-bond donors (Lipinski definition) is 1. The molecule has 6 heteroatoms. The summed E-state index contributed by atoms with van der Waals surface area (Å²) in [5.74, 6) is 1.31. The number of nitrogens with one attached hydrogen (secondary N) is 1. The van der Waals surface area contributed by atoms with Gasteiger partial charge in [-0.25, -0.2) is 0 Å². The van der Waals surface area contributed by atoms with E-state index in [1.54, 1.807) is 0 Å². The van der Waals surface area contributed by atoms with Crippen molar-refractivity contribution in [2.45, 2.75) is 52.9 Å². The number of amides is 1. The van der Waals surface area contributed by atoms with E-state index in [4.69, 9.17) is 4.74 Å². The van der Waals surface area contributed by atoms with Gasteiger partial charge in [-0.05, 0) is 48.9 Å². The number of nitrogens with zero attached hydrogens (tertiary/aromatic N) is 2. The van der Waals surface area contributed by atoms with Gasteiger partial charge in [-0.2, -0.15) is 0 Å². The summed E-state index contributed by atoms with van der Waals surface area (Å²) < 4.78 is 5.74. The Bertz CT molecular complexity index is 683. The zero-order chi connectivity index (χ0) is 17.5. The summed E-state index contributed by atoms with van der Waals surface area (Å²) in [5.41, 5.74) is 2.58. The molecule has 1 heterocycles. The molecule has 0 aliphatic heterocycles. The summed E-state index contributed by atoms with van der Waals surface area (Å²) in [6.07, 6.45) is 1.90. The molecule has 0 spiro atoms. The molecular formula is C18H25N3O2S. The van der Waals surface area contributed by atoms with Gasteiger partial charge < -0.3 is 10.1 Å². The summed E-state index contributed by atoms with van der Waals surface area (Å²) in [6, 6.07) is 6.17. The smallest absolute Gasteiger partial charge is 0.226 e. The van der Waals surface area contributed by atoms with E-state index in [1.807, 2.05) is 13.0 Å². The van der Waals surface area contributed by atoms with Crippen LogP contribution in [0, 0.1) is 6.92 Å². The second-order valence-corrected chi connectivity index (χ2v) is 7.09. The molecule has 0 saturated heterocycles. The van der Waals surface area contributed by atoms with Gasteiger partial charge in [0.15, 0.2) is 0 Å². The third kappa shape index (κ3) is 5.30. The molecule has 24 heavy (non-hydrogen) atoms. The van der Waals surface area contributed by atoms with Crippen molar-refractivity contribution in [3.05, 3.63) is 34.3 Å². The summed E-state index contributed by atoms with van der Waals surface area (Å²) in [5, 5.41) is 12.2. The molecule has 0 radical (unpaired) electrons. The molecule has 2 rings (SSSR count).